The van der Waals surface area contributed by atoms with Crippen molar-refractivity contribution in [3.05, 3.63) is 11.9 Å². The van der Waals surface area contributed by atoms with Crippen molar-refractivity contribution in [1.29, 1.82) is 0 Å². The molecule has 0 atom stereocenters. The molecule has 0 aliphatic rings. The molecule has 0 aliphatic carbocycles. The summed E-state index contributed by atoms with van der Waals surface area (Å²) in [7, 11) is 0. The van der Waals surface area contributed by atoms with Crippen molar-refractivity contribution < 1.29 is 19.8 Å². The van der Waals surface area contributed by atoms with Gasteiger partial charge in [0, 0.05) is 6.42 Å². The Bertz CT molecular complexity index is 346. The molecule has 0 bridgehead atoms. The normalized spacial score (nSPS) is 10.0. The van der Waals surface area contributed by atoms with Crippen LogP contribution in [0.2, 0.25) is 0 Å². The van der Waals surface area contributed by atoms with Crippen LogP contribution in [0.25, 0.3) is 0 Å². The molecule has 7 heteroatoms. The van der Waals surface area contributed by atoms with Gasteiger partial charge in [0.15, 0.2) is 5.69 Å². The molecule has 0 saturated heterocycles. The fraction of sp³-hybridized carbons (Fsp3) is 0.429. The summed E-state index contributed by atoms with van der Waals surface area (Å²) in [5.74, 6) is -2.04. The number of aromatic nitrogens is 3. The van der Waals surface area contributed by atoms with Gasteiger partial charge in [-0.1, -0.05) is 0 Å². The number of carbonyl (C=O) groups is 2. The summed E-state index contributed by atoms with van der Waals surface area (Å²) in [6.07, 6.45) is 1.52. The molecule has 76 valence electrons. The van der Waals surface area contributed by atoms with Gasteiger partial charge >= 0.3 is 11.9 Å². The van der Waals surface area contributed by atoms with E-state index < -0.39 is 11.9 Å². The second-order valence-corrected chi connectivity index (χ2v) is 2.63. The zero-order valence-corrected chi connectivity index (χ0v) is 7.25. The first-order valence-electron chi connectivity index (χ1n) is 3.95. The van der Waals surface area contributed by atoms with Gasteiger partial charge in [-0.3, -0.25) is 4.79 Å². The minimum atomic E-state index is -1.14. The van der Waals surface area contributed by atoms with Crippen molar-refractivity contribution in [2.75, 3.05) is 0 Å². The molecule has 2 N–H and O–H groups in total. The van der Waals surface area contributed by atoms with E-state index in [0.717, 1.165) is 6.20 Å². The fourth-order valence-corrected chi connectivity index (χ4v) is 0.875. The lowest BCUT2D eigenvalue weighted by Crippen LogP contribution is -2.06. The highest BCUT2D eigenvalue weighted by Crippen LogP contribution is 1.95. The van der Waals surface area contributed by atoms with Crippen LogP contribution in [0, 0.1) is 0 Å². The van der Waals surface area contributed by atoms with Crippen molar-refractivity contribution in [2.24, 2.45) is 0 Å². The van der Waals surface area contributed by atoms with Crippen LogP contribution < -0.4 is 0 Å². The van der Waals surface area contributed by atoms with Crippen LogP contribution in [0.1, 0.15) is 23.3 Å². The molecule has 0 radical (unpaired) electrons. The summed E-state index contributed by atoms with van der Waals surface area (Å²) in [5, 5.41) is 24.1. The first-order valence-corrected chi connectivity index (χ1v) is 3.95. The van der Waals surface area contributed by atoms with Crippen LogP contribution in [0.3, 0.4) is 0 Å². The predicted octanol–water partition coefficient (Wildman–Crippen LogP) is -0.159. The molecule has 0 unspecified atom stereocenters. The van der Waals surface area contributed by atoms with E-state index in [4.69, 9.17) is 10.2 Å². The topological polar surface area (TPSA) is 105 Å². The van der Waals surface area contributed by atoms with E-state index in [0.29, 0.717) is 13.0 Å². The number of rotatable bonds is 5. The Morgan fingerprint density at radius 2 is 2.14 bits per heavy atom. The molecule has 0 aromatic carbocycles. The lowest BCUT2D eigenvalue weighted by Gasteiger charge is -1.95. The zero-order valence-electron chi connectivity index (χ0n) is 7.25. The third kappa shape index (κ3) is 2.85. The Morgan fingerprint density at radius 1 is 1.43 bits per heavy atom. The van der Waals surface area contributed by atoms with Gasteiger partial charge in [0.2, 0.25) is 0 Å². The standard InChI is InChI=1S/C7H9N3O4/c11-6(12)2-1-3-10-8-4-5(9-10)7(13)14/h4H,1-3H2,(H,11,12)(H,13,14). The van der Waals surface area contributed by atoms with Crippen LogP contribution in [0.15, 0.2) is 6.20 Å². The Labute approximate surface area is 79.0 Å². The number of aromatic carboxylic acids is 1. The molecule has 0 amide bonds. The first kappa shape index (κ1) is 10.2. The molecule has 1 aromatic heterocycles. The Morgan fingerprint density at radius 3 is 2.64 bits per heavy atom. The van der Waals surface area contributed by atoms with Crippen molar-refractivity contribution in [3.63, 3.8) is 0 Å². The zero-order chi connectivity index (χ0) is 10.6. The number of carboxylic acids is 2. The van der Waals surface area contributed by atoms with Crippen molar-refractivity contribution in [2.45, 2.75) is 19.4 Å². The maximum Gasteiger partial charge on any atom is 0.358 e. The number of aliphatic carboxylic acids is 1. The van der Waals surface area contributed by atoms with E-state index in [1.165, 1.54) is 4.80 Å². The number of nitrogens with zero attached hydrogens (tertiary/aromatic N) is 3. The van der Waals surface area contributed by atoms with Crippen molar-refractivity contribution >= 4 is 11.9 Å². The molecule has 1 rings (SSSR count). The summed E-state index contributed by atoms with van der Waals surface area (Å²) in [6, 6.07) is 0. The average Bonchev–Trinajstić information content (AvgIpc) is 2.52. The highest BCUT2D eigenvalue weighted by atomic mass is 16.4. The number of hydrogen-bond donors (Lipinski definition) is 2. The van der Waals surface area contributed by atoms with Gasteiger partial charge in [0.1, 0.15) is 0 Å². The van der Waals surface area contributed by atoms with Gasteiger partial charge in [0.05, 0.1) is 12.7 Å². The van der Waals surface area contributed by atoms with Gasteiger partial charge in [-0.2, -0.15) is 9.90 Å². The summed E-state index contributed by atoms with van der Waals surface area (Å²) in [5.41, 5.74) is -0.139. The molecular weight excluding hydrogens is 190 g/mol. The van der Waals surface area contributed by atoms with Gasteiger partial charge in [-0.05, 0) is 6.42 Å². The lowest BCUT2D eigenvalue weighted by molar-refractivity contribution is -0.137. The summed E-state index contributed by atoms with van der Waals surface area (Å²) in [4.78, 5) is 21.7. The average molecular weight is 199 g/mol. The number of carboxylic acid groups (broad SMARTS) is 2. The van der Waals surface area contributed by atoms with Crippen LogP contribution >= 0.6 is 0 Å². The molecule has 14 heavy (non-hydrogen) atoms. The van der Waals surface area contributed by atoms with E-state index in [1.807, 2.05) is 0 Å². The first-order chi connectivity index (χ1) is 6.59. The summed E-state index contributed by atoms with van der Waals surface area (Å²) >= 11 is 0. The molecule has 0 spiro atoms. The summed E-state index contributed by atoms with van der Waals surface area (Å²) in [6.45, 7) is 0.305. The molecule has 7 nitrogen and oxygen atoms in total. The van der Waals surface area contributed by atoms with Crippen LogP contribution in [0.5, 0.6) is 0 Å². The van der Waals surface area contributed by atoms with E-state index in [9.17, 15) is 9.59 Å². The largest absolute Gasteiger partial charge is 0.481 e. The molecule has 1 aromatic rings. The quantitative estimate of drug-likeness (QED) is 0.682. The SMILES string of the molecule is O=C(O)CCCn1ncc(C(=O)O)n1. The molecular formula is C7H9N3O4. The molecule has 0 fully saturated rings. The second-order valence-electron chi connectivity index (χ2n) is 2.63. The van der Waals surface area contributed by atoms with E-state index >= 15 is 0 Å². The Kier molecular flexibility index (Phi) is 3.16. The van der Waals surface area contributed by atoms with E-state index in [2.05, 4.69) is 10.2 Å². The highest BCUT2D eigenvalue weighted by Gasteiger charge is 2.07. The maximum atomic E-state index is 10.4. The van der Waals surface area contributed by atoms with Crippen LogP contribution in [0.4, 0.5) is 0 Å². The smallest absolute Gasteiger partial charge is 0.358 e. The van der Waals surface area contributed by atoms with E-state index in [1.54, 1.807) is 0 Å². The lowest BCUT2D eigenvalue weighted by atomic mass is 10.3. The third-order valence-corrected chi connectivity index (χ3v) is 1.50. The van der Waals surface area contributed by atoms with Crippen molar-refractivity contribution in [1.82, 2.24) is 15.0 Å². The van der Waals surface area contributed by atoms with Gasteiger partial charge in [0.25, 0.3) is 0 Å². The minimum Gasteiger partial charge on any atom is -0.481 e. The van der Waals surface area contributed by atoms with Gasteiger partial charge in [-0.25, -0.2) is 4.79 Å². The van der Waals surface area contributed by atoms with Crippen molar-refractivity contribution in [3.8, 4) is 0 Å². The molecule has 1 heterocycles. The maximum absolute atomic E-state index is 10.4. The third-order valence-electron chi connectivity index (χ3n) is 1.50. The number of aryl methyl sites for hydroxylation is 1. The second kappa shape index (κ2) is 4.35. The highest BCUT2D eigenvalue weighted by molar-refractivity contribution is 5.84. The minimum absolute atomic E-state index is 0.0178. The van der Waals surface area contributed by atoms with Gasteiger partial charge < -0.3 is 10.2 Å². The Balaban J connectivity index is 2.44. The monoisotopic (exact) mass is 199 g/mol. The molecule has 0 saturated carbocycles. The fourth-order valence-electron chi connectivity index (χ4n) is 0.875. The molecule has 0 aliphatic heterocycles. The number of hydrogen-bond acceptors (Lipinski definition) is 4. The summed E-state index contributed by atoms with van der Waals surface area (Å²) < 4.78 is 0. The van der Waals surface area contributed by atoms with Crippen LogP contribution in [-0.4, -0.2) is 37.1 Å². The van der Waals surface area contributed by atoms with E-state index in [-0.39, 0.29) is 12.1 Å². The Hall–Kier alpha value is -1.92. The van der Waals surface area contributed by atoms with Crippen LogP contribution in [-0.2, 0) is 11.3 Å². The van der Waals surface area contributed by atoms with Gasteiger partial charge in [-0.15, -0.1) is 5.10 Å². The predicted molar refractivity (Wildman–Crippen MR) is 43.9 cm³/mol.